The Morgan fingerprint density at radius 1 is 1.12 bits per heavy atom. The number of piperidine rings is 1. The molecule has 0 aliphatic carbocycles. The third-order valence-corrected chi connectivity index (χ3v) is 4.13. The first-order chi connectivity index (χ1) is 11.9. The van der Waals surface area contributed by atoms with Crippen molar-refractivity contribution in [3.63, 3.8) is 0 Å². The van der Waals surface area contributed by atoms with Crippen LogP contribution in [0.15, 0.2) is 53.7 Å². The van der Waals surface area contributed by atoms with E-state index in [1.807, 2.05) is 30.3 Å². The molecule has 1 fully saturated rings. The van der Waals surface area contributed by atoms with Crippen LogP contribution in [0.2, 0.25) is 0 Å². The van der Waals surface area contributed by atoms with Gasteiger partial charge in [-0.25, -0.2) is 9.98 Å². The summed E-state index contributed by atoms with van der Waals surface area (Å²) >= 11 is 0. The molecule has 2 aromatic rings. The molecule has 1 aromatic heterocycles. The lowest BCUT2D eigenvalue weighted by Crippen LogP contribution is -2.40. The number of hydrogen-bond acceptors (Lipinski definition) is 3. The number of hydrogen-bond donors (Lipinski definition) is 1. The van der Waals surface area contributed by atoms with Crippen molar-refractivity contribution in [2.45, 2.75) is 25.8 Å². The van der Waals surface area contributed by atoms with Gasteiger partial charge in [-0.05, 0) is 37.5 Å². The summed E-state index contributed by atoms with van der Waals surface area (Å²) in [5, 5.41) is 3.47. The van der Waals surface area contributed by atoms with Crippen molar-refractivity contribution in [2.24, 2.45) is 4.99 Å². The van der Waals surface area contributed by atoms with Gasteiger partial charge in [0, 0.05) is 30.5 Å². The Hall–Kier alpha value is -2.56. The number of nitrogens with zero attached hydrogens (tertiary/aromatic N) is 3. The number of rotatable bonds is 4. The van der Waals surface area contributed by atoms with Gasteiger partial charge in [-0.1, -0.05) is 24.3 Å². The van der Waals surface area contributed by atoms with Crippen molar-refractivity contribution >= 4 is 11.6 Å². The number of anilines is 1. The molecule has 0 spiro atoms. The number of pyridine rings is 1. The molecule has 2 heterocycles. The van der Waals surface area contributed by atoms with Gasteiger partial charge in [-0.15, -0.1) is 0 Å². The predicted molar refractivity (Wildman–Crippen MR) is 97.4 cm³/mol. The van der Waals surface area contributed by atoms with Crippen molar-refractivity contribution < 1.29 is 4.74 Å². The first kappa shape index (κ1) is 16.3. The highest BCUT2D eigenvalue weighted by Gasteiger charge is 2.15. The lowest BCUT2D eigenvalue weighted by atomic mass is 10.1. The maximum atomic E-state index is 5.33. The highest BCUT2D eigenvalue weighted by molar-refractivity contribution is 5.93. The number of para-hydroxylation sites is 1. The van der Waals surface area contributed by atoms with Gasteiger partial charge in [0.1, 0.15) is 0 Å². The first-order valence-corrected chi connectivity index (χ1v) is 8.46. The van der Waals surface area contributed by atoms with Crippen molar-refractivity contribution in [3.05, 3.63) is 54.2 Å². The van der Waals surface area contributed by atoms with Gasteiger partial charge >= 0.3 is 0 Å². The molecule has 1 aliphatic heterocycles. The Morgan fingerprint density at radius 3 is 2.67 bits per heavy atom. The van der Waals surface area contributed by atoms with Crippen LogP contribution in [0, 0.1) is 0 Å². The van der Waals surface area contributed by atoms with Gasteiger partial charge in [0.2, 0.25) is 5.88 Å². The van der Waals surface area contributed by atoms with Crippen LogP contribution in [0.4, 0.5) is 5.69 Å². The Bertz CT molecular complexity index is 666. The molecule has 24 heavy (non-hydrogen) atoms. The summed E-state index contributed by atoms with van der Waals surface area (Å²) in [6.45, 7) is 2.63. The minimum atomic E-state index is 0.544. The summed E-state index contributed by atoms with van der Waals surface area (Å²) in [6.07, 6.45) is 5.46. The molecule has 0 atom stereocenters. The summed E-state index contributed by atoms with van der Waals surface area (Å²) < 4.78 is 5.33. The van der Waals surface area contributed by atoms with Crippen LogP contribution in [0.5, 0.6) is 5.88 Å². The van der Waals surface area contributed by atoms with Gasteiger partial charge in [0.05, 0.1) is 13.7 Å². The molecular weight excluding hydrogens is 300 g/mol. The van der Waals surface area contributed by atoms with Crippen LogP contribution in [0.25, 0.3) is 0 Å². The van der Waals surface area contributed by atoms with Crippen molar-refractivity contribution in [2.75, 3.05) is 25.5 Å². The fourth-order valence-electron chi connectivity index (χ4n) is 2.86. The monoisotopic (exact) mass is 324 g/mol. The number of ether oxygens (including phenoxy) is 1. The van der Waals surface area contributed by atoms with Gasteiger partial charge in [0.15, 0.2) is 5.96 Å². The van der Waals surface area contributed by atoms with E-state index in [2.05, 4.69) is 27.3 Å². The van der Waals surface area contributed by atoms with E-state index in [1.54, 1.807) is 13.3 Å². The maximum Gasteiger partial charge on any atom is 0.218 e. The number of aromatic nitrogens is 1. The summed E-state index contributed by atoms with van der Waals surface area (Å²) in [7, 11) is 1.64. The number of aliphatic imine (C=N–C) groups is 1. The zero-order valence-electron chi connectivity index (χ0n) is 14.1. The van der Waals surface area contributed by atoms with Crippen molar-refractivity contribution in [1.82, 2.24) is 9.88 Å². The molecule has 5 nitrogen and oxygen atoms in total. The summed E-state index contributed by atoms with van der Waals surface area (Å²) in [5.41, 5.74) is 2.05. The Kier molecular flexibility index (Phi) is 5.66. The van der Waals surface area contributed by atoms with Crippen LogP contribution in [0.3, 0.4) is 0 Å². The number of methoxy groups -OCH3 is 1. The molecule has 0 saturated carbocycles. The van der Waals surface area contributed by atoms with E-state index in [-0.39, 0.29) is 0 Å². The van der Waals surface area contributed by atoms with Gasteiger partial charge in [-0.2, -0.15) is 0 Å². The molecule has 3 rings (SSSR count). The Morgan fingerprint density at radius 2 is 1.92 bits per heavy atom. The number of guanidine groups is 1. The first-order valence-electron chi connectivity index (χ1n) is 8.46. The van der Waals surface area contributed by atoms with Crippen LogP contribution >= 0.6 is 0 Å². The zero-order valence-corrected chi connectivity index (χ0v) is 14.1. The third kappa shape index (κ3) is 4.25. The third-order valence-electron chi connectivity index (χ3n) is 4.13. The van der Waals surface area contributed by atoms with Gasteiger partial charge < -0.3 is 15.0 Å². The van der Waals surface area contributed by atoms with E-state index in [0.717, 1.165) is 30.3 Å². The molecular formula is C19H24N4O. The minimum absolute atomic E-state index is 0.544. The number of nitrogens with one attached hydrogen (secondary N) is 1. The van der Waals surface area contributed by atoms with Crippen LogP contribution in [-0.2, 0) is 6.54 Å². The van der Waals surface area contributed by atoms with Crippen LogP contribution < -0.4 is 10.1 Å². The SMILES string of the molecule is COc1ncccc1CN=C(Nc1ccccc1)N1CCCCC1. The zero-order chi connectivity index (χ0) is 16.6. The Labute approximate surface area is 143 Å². The second-order valence-electron chi connectivity index (χ2n) is 5.85. The molecule has 1 N–H and O–H groups in total. The lowest BCUT2D eigenvalue weighted by Gasteiger charge is -2.30. The molecule has 126 valence electrons. The largest absolute Gasteiger partial charge is 0.481 e. The van der Waals surface area contributed by atoms with E-state index >= 15 is 0 Å². The molecule has 1 aromatic carbocycles. The normalized spacial score (nSPS) is 15.2. The minimum Gasteiger partial charge on any atom is -0.481 e. The van der Waals surface area contributed by atoms with Gasteiger partial charge in [0.25, 0.3) is 0 Å². The molecule has 0 unspecified atom stereocenters. The van der Waals surface area contributed by atoms with Crippen LogP contribution in [0.1, 0.15) is 24.8 Å². The van der Waals surface area contributed by atoms with E-state index < -0.39 is 0 Å². The molecule has 1 aliphatic rings. The number of likely N-dealkylation sites (tertiary alicyclic amines) is 1. The molecule has 5 heteroatoms. The summed E-state index contributed by atoms with van der Waals surface area (Å²) in [4.78, 5) is 11.4. The highest BCUT2D eigenvalue weighted by Crippen LogP contribution is 2.17. The van der Waals surface area contributed by atoms with Crippen molar-refractivity contribution in [3.8, 4) is 5.88 Å². The molecule has 0 bridgehead atoms. The van der Waals surface area contributed by atoms with E-state index in [9.17, 15) is 0 Å². The topological polar surface area (TPSA) is 49.8 Å². The molecule has 0 radical (unpaired) electrons. The molecule has 0 amide bonds. The second-order valence-corrected chi connectivity index (χ2v) is 5.85. The van der Waals surface area contributed by atoms with E-state index in [1.165, 1.54) is 19.3 Å². The summed E-state index contributed by atoms with van der Waals surface area (Å²) in [5.74, 6) is 1.56. The molecule has 1 saturated heterocycles. The maximum absolute atomic E-state index is 5.33. The van der Waals surface area contributed by atoms with Crippen molar-refractivity contribution in [1.29, 1.82) is 0 Å². The second kappa shape index (κ2) is 8.34. The smallest absolute Gasteiger partial charge is 0.218 e. The fraction of sp³-hybridized carbons (Fsp3) is 0.368. The summed E-state index contributed by atoms with van der Waals surface area (Å²) in [6, 6.07) is 14.1. The average Bonchev–Trinajstić information content (AvgIpc) is 2.67. The van der Waals surface area contributed by atoms with E-state index in [0.29, 0.717) is 12.4 Å². The van der Waals surface area contributed by atoms with E-state index in [4.69, 9.17) is 9.73 Å². The Balaban J connectivity index is 1.80. The quantitative estimate of drug-likeness (QED) is 0.690. The fourth-order valence-corrected chi connectivity index (χ4v) is 2.86. The highest BCUT2D eigenvalue weighted by atomic mass is 16.5. The van der Waals surface area contributed by atoms with Gasteiger partial charge in [-0.3, -0.25) is 0 Å². The van der Waals surface area contributed by atoms with Crippen LogP contribution in [-0.4, -0.2) is 36.0 Å². The average molecular weight is 324 g/mol. The number of benzene rings is 1. The lowest BCUT2D eigenvalue weighted by molar-refractivity contribution is 0.340. The predicted octanol–water partition coefficient (Wildman–Crippen LogP) is 3.54. The standard InChI is InChI=1S/C19H24N4O/c1-24-18-16(9-8-12-20-18)15-21-19(23-13-6-3-7-14-23)22-17-10-4-2-5-11-17/h2,4-5,8-12H,3,6-7,13-15H2,1H3,(H,21,22).